The number of hydrogen-bond donors (Lipinski definition) is 2. The molecule has 9 nitrogen and oxygen atoms in total. The molecule has 2 atom stereocenters. The number of aromatic nitrogens is 4. The standard InChI is InChI=1S/C16H20N6O.C2HF3O2/c1-11-2-3-15(20-18-11)21-7-5-12-8-22(10-13(12)9-21)16(23)14-4-6-17-19-14;3-2(4,5)1(6)7/h2-4,6,12-13H,5,7-10H2,1H3,(H,17,19);(H,6,7)/t12-,13+;/m0./s1. The van der Waals surface area contributed by atoms with Gasteiger partial charge in [0.1, 0.15) is 5.69 Å². The van der Waals surface area contributed by atoms with E-state index < -0.39 is 12.1 Å². The summed E-state index contributed by atoms with van der Waals surface area (Å²) in [7, 11) is 0. The van der Waals surface area contributed by atoms with Crippen LogP contribution in [0.25, 0.3) is 0 Å². The molecule has 0 bridgehead atoms. The second-order valence-electron chi connectivity index (χ2n) is 7.27. The number of aliphatic carboxylic acids is 1. The minimum Gasteiger partial charge on any atom is -0.475 e. The number of aryl methyl sites for hydroxylation is 1. The van der Waals surface area contributed by atoms with Gasteiger partial charge in [0, 0.05) is 32.4 Å². The Morgan fingerprint density at radius 1 is 1.13 bits per heavy atom. The number of rotatable bonds is 2. The van der Waals surface area contributed by atoms with Crippen LogP contribution in [0.2, 0.25) is 0 Å². The monoisotopic (exact) mass is 426 g/mol. The predicted molar refractivity (Wildman–Crippen MR) is 98.8 cm³/mol. The van der Waals surface area contributed by atoms with Crippen molar-refractivity contribution in [3.05, 3.63) is 35.8 Å². The number of nitrogens with one attached hydrogen (secondary N) is 1. The van der Waals surface area contributed by atoms with Crippen molar-refractivity contribution in [1.82, 2.24) is 25.3 Å². The van der Waals surface area contributed by atoms with Crippen molar-refractivity contribution in [2.45, 2.75) is 19.5 Å². The molecule has 30 heavy (non-hydrogen) atoms. The molecule has 2 aromatic heterocycles. The summed E-state index contributed by atoms with van der Waals surface area (Å²) in [6.45, 7) is 5.51. The van der Waals surface area contributed by atoms with E-state index in [1.165, 1.54) is 0 Å². The molecule has 2 aliphatic rings. The van der Waals surface area contributed by atoms with Crippen LogP contribution in [0.4, 0.5) is 19.0 Å². The highest BCUT2D eigenvalue weighted by molar-refractivity contribution is 5.92. The second-order valence-corrected chi connectivity index (χ2v) is 7.27. The Labute approximate surface area is 169 Å². The van der Waals surface area contributed by atoms with Crippen molar-refractivity contribution in [1.29, 1.82) is 0 Å². The first-order chi connectivity index (χ1) is 14.1. The van der Waals surface area contributed by atoms with Crippen molar-refractivity contribution in [3.63, 3.8) is 0 Å². The van der Waals surface area contributed by atoms with Crippen molar-refractivity contribution in [2.75, 3.05) is 31.1 Å². The molecule has 2 aromatic rings. The number of carboxylic acids is 1. The molecular weight excluding hydrogens is 405 g/mol. The van der Waals surface area contributed by atoms with Crippen LogP contribution in [0, 0.1) is 18.8 Å². The van der Waals surface area contributed by atoms with Crippen molar-refractivity contribution >= 4 is 17.7 Å². The Bertz CT molecular complexity index is 872. The lowest BCUT2D eigenvalue weighted by molar-refractivity contribution is -0.192. The number of piperidine rings is 1. The molecule has 2 fully saturated rings. The number of nitrogens with zero attached hydrogens (tertiary/aromatic N) is 5. The molecule has 0 spiro atoms. The summed E-state index contributed by atoms with van der Waals surface area (Å²) in [5.41, 5.74) is 1.51. The quantitative estimate of drug-likeness (QED) is 0.752. The van der Waals surface area contributed by atoms with E-state index in [0.29, 0.717) is 17.5 Å². The van der Waals surface area contributed by atoms with Crippen molar-refractivity contribution in [3.8, 4) is 0 Å². The van der Waals surface area contributed by atoms with Gasteiger partial charge in [-0.05, 0) is 43.4 Å². The number of halogens is 3. The molecular formula is C18H21F3N6O3. The third-order valence-corrected chi connectivity index (χ3v) is 5.17. The molecule has 0 aliphatic carbocycles. The zero-order valence-corrected chi connectivity index (χ0v) is 16.1. The van der Waals surface area contributed by atoms with Crippen molar-refractivity contribution < 1.29 is 27.9 Å². The molecule has 4 rings (SSSR count). The van der Waals surface area contributed by atoms with E-state index in [9.17, 15) is 18.0 Å². The molecule has 1 amide bonds. The number of alkyl halides is 3. The molecule has 2 N–H and O–H groups in total. The number of amides is 1. The van der Waals surface area contributed by atoms with E-state index in [-0.39, 0.29) is 5.91 Å². The highest BCUT2D eigenvalue weighted by Gasteiger charge is 2.40. The van der Waals surface area contributed by atoms with Gasteiger partial charge in [0.2, 0.25) is 0 Å². The minimum absolute atomic E-state index is 0.0542. The van der Waals surface area contributed by atoms with Gasteiger partial charge in [-0.1, -0.05) is 0 Å². The largest absolute Gasteiger partial charge is 0.490 e. The summed E-state index contributed by atoms with van der Waals surface area (Å²) in [4.78, 5) is 25.6. The summed E-state index contributed by atoms with van der Waals surface area (Å²) in [6, 6.07) is 5.76. The summed E-state index contributed by atoms with van der Waals surface area (Å²) in [6.07, 6.45) is -2.37. The lowest BCUT2D eigenvalue weighted by atomic mass is 9.89. The number of H-pyrrole nitrogens is 1. The van der Waals surface area contributed by atoms with E-state index >= 15 is 0 Å². The van der Waals surface area contributed by atoms with Gasteiger partial charge in [-0.2, -0.15) is 23.4 Å². The first-order valence-electron chi connectivity index (χ1n) is 9.29. The topological polar surface area (TPSA) is 115 Å². The summed E-state index contributed by atoms with van der Waals surface area (Å²) < 4.78 is 31.7. The second kappa shape index (κ2) is 8.67. The van der Waals surface area contributed by atoms with Crippen LogP contribution in [-0.2, 0) is 4.79 Å². The Hall–Kier alpha value is -3.18. The van der Waals surface area contributed by atoms with Crippen LogP contribution in [0.5, 0.6) is 0 Å². The van der Waals surface area contributed by atoms with E-state index in [0.717, 1.165) is 44.1 Å². The van der Waals surface area contributed by atoms with E-state index in [1.807, 2.05) is 24.0 Å². The van der Waals surface area contributed by atoms with Gasteiger partial charge in [-0.3, -0.25) is 9.89 Å². The van der Waals surface area contributed by atoms with Crippen LogP contribution in [0.3, 0.4) is 0 Å². The van der Waals surface area contributed by atoms with Gasteiger partial charge in [0.15, 0.2) is 5.82 Å². The van der Waals surface area contributed by atoms with Gasteiger partial charge in [-0.15, -0.1) is 5.10 Å². The molecule has 162 valence electrons. The summed E-state index contributed by atoms with van der Waals surface area (Å²) in [5, 5.41) is 22.2. The van der Waals surface area contributed by atoms with E-state index in [2.05, 4.69) is 25.3 Å². The number of carbonyl (C=O) groups is 2. The maximum absolute atomic E-state index is 12.5. The lowest BCUT2D eigenvalue weighted by Gasteiger charge is -2.34. The predicted octanol–water partition coefficient (Wildman–Crippen LogP) is 1.74. The number of hydrogen-bond acceptors (Lipinski definition) is 6. The van der Waals surface area contributed by atoms with Gasteiger partial charge in [0.25, 0.3) is 5.91 Å². The number of carbonyl (C=O) groups excluding carboxylic acids is 1. The summed E-state index contributed by atoms with van der Waals surface area (Å²) in [5.74, 6) is -0.686. The minimum atomic E-state index is -5.08. The van der Waals surface area contributed by atoms with Crippen LogP contribution >= 0.6 is 0 Å². The zero-order valence-electron chi connectivity index (χ0n) is 16.1. The number of fused-ring (bicyclic) bond motifs is 1. The lowest BCUT2D eigenvalue weighted by Crippen LogP contribution is -2.40. The average Bonchev–Trinajstić information content (AvgIpc) is 3.37. The summed E-state index contributed by atoms with van der Waals surface area (Å²) >= 11 is 0. The van der Waals surface area contributed by atoms with Crippen LogP contribution in [0.15, 0.2) is 24.4 Å². The maximum atomic E-state index is 12.5. The Morgan fingerprint density at radius 3 is 2.40 bits per heavy atom. The van der Waals surface area contributed by atoms with Gasteiger partial charge < -0.3 is 14.9 Å². The Kier molecular flexibility index (Phi) is 6.22. The van der Waals surface area contributed by atoms with Gasteiger partial charge >= 0.3 is 12.1 Å². The Balaban J connectivity index is 0.000000318. The fourth-order valence-electron chi connectivity index (χ4n) is 3.65. The van der Waals surface area contributed by atoms with Crippen LogP contribution in [-0.4, -0.2) is 74.6 Å². The molecule has 0 radical (unpaired) electrons. The number of likely N-dealkylation sites (tertiary alicyclic amines) is 1. The van der Waals surface area contributed by atoms with Gasteiger partial charge in [0.05, 0.1) is 5.69 Å². The van der Waals surface area contributed by atoms with Crippen LogP contribution < -0.4 is 4.90 Å². The average molecular weight is 426 g/mol. The molecule has 12 heteroatoms. The fourth-order valence-corrected chi connectivity index (χ4v) is 3.65. The molecule has 0 aromatic carbocycles. The third-order valence-electron chi connectivity index (χ3n) is 5.17. The first kappa shape index (κ1) is 21.5. The van der Waals surface area contributed by atoms with Gasteiger partial charge in [-0.25, -0.2) is 4.79 Å². The Morgan fingerprint density at radius 2 is 1.83 bits per heavy atom. The highest BCUT2D eigenvalue weighted by atomic mass is 19.4. The molecule has 2 aliphatic heterocycles. The smallest absolute Gasteiger partial charge is 0.475 e. The zero-order chi connectivity index (χ0) is 21.9. The number of aromatic amines is 1. The van der Waals surface area contributed by atoms with E-state index in [4.69, 9.17) is 9.90 Å². The third kappa shape index (κ3) is 5.05. The molecule has 0 saturated carbocycles. The normalized spacial score (nSPS) is 20.9. The maximum Gasteiger partial charge on any atom is 0.490 e. The first-order valence-corrected chi connectivity index (χ1v) is 9.29. The fraction of sp³-hybridized carbons (Fsp3) is 0.500. The highest BCUT2D eigenvalue weighted by Crippen LogP contribution is 2.33. The van der Waals surface area contributed by atoms with Crippen molar-refractivity contribution in [2.24, 2.45) is 11.8 Å². The van der Waals surface area contributed by atoms with Crippen LogP contribution in [0.1, 0.15) is 22.6 Å². The number of anilines is 1. The molecule has 4 heterocycles. The van der Waals surface area contributed by atoms with E-state index in [1.54, 1.807) is 12.3 Å². The molecule has 0 unspecified atom stereocenters. The SMILES string of the molecule is Cc1ccc(N2CC[C@H]3CN(C(=O)c4ccn[nH]4)C[C@H]3C2)nn1.O=C(O)C(F)(F)F. The number of carboxylic acid groups (broad SMARTS) is 1. The molecule has 2 saturated heterocycles.